The number of nitrogens with one attached hydrogen (secondary N) is 1. The average Bonchev–Trinajstić information content (AvgIpc) is 2.90. The van der Waals surface area contributed by atoms with Crippen LogP contribution in [0, 0.1) is 0 Å². The first-order valence-corrected chi connectivity index (χ1v) is 8.74. The van der Waals surface area contributed by atoms with Crippen LogP contribution in [0.15, 0.2) is 18.2 Å². The highest BCUT2D eigenvalue weighted by atomic mass is 32.1. The van der Waals surface area contributed by atoms with Crippen molar-refractivity contribution in [2.45, 2.75) is 38.6 Å². The summed E-state index contributed by atoms with van der Waals surface area (Å²) in [5.74, 6) is 0.563. The fourth-order valence-electron chi connectivity index (χ4n) is 2.86. The topological polar surface area (TPSA) is 45.2 Å². The molecule has 1 aliphatic rings. The Labute approximate surface area is 135 Å². The first-order valence-electron chi connectivity index (χ1n) is 7.93. The summed E-state index contributed by atoms with van der Waals surface area (Å²) < 4.78 is 1.12. The van der Waals surface area contributed by atoms with Gasteiger partial charge in [0, 0.05) is 17.5 Å². The summed E-state index contributed by atoms with van der Waals surface area (Å²) in [5, 5.41) is 4.16. The third kappa shape index (κ3) is 3.31. The molecule has 2 aromatic rings. The zero-order valence-electron chi connectivity index (χ0n) is 13.4. The van der Waals surface area contributed by atoms with E-state index in [1.165, 1.54) is 17.8 Å². The number of rotatable bonds is 3. The molecule has 118 valence electrons. The number of aromatic nitrogens is 1. The molecule has 22 heavy (non-hydrogen) atoms. The van der Waals surface area contributed by atoms with E-state index in [9.17, 15) is 4.79 Å². The van der Waals surface area contributed by atoms with Crippen LogP contribution in [0.4, 0.5) is 0 Å². The van der Waals surface area contributed by atoms with Crippen LogP contribution in [0.5, 0.6) is 0 Å². The summed E-state index contributed by atoms with van der Waals surface area (Å²) in [7, 11) is 2.17. The second kappa shape index (κ2) is 6.34. The van der Waals surface area contributed by atoms with E-state index in [1.807, 2.05) is 32.0 Å². The number of nitrogens with zero attached hydrogens (tertiary/aromatic N) is 2. The summed E-state index contributed by atoms with van der Waals surface area (Å²) in [6.45, 7) is 6.23. The Hall–Kier alpha value is -1.46. The van der Waals surface area contributed by atoms with Crippen molar-refractivity contribution in [2.24, 2.45) is 0 Å². The third-order valence-electron chi connectivity index (χ3n) is 4.15. The van der Waals surface area contributed by atoms with Gasteiger partial charge in [0.1, 0.15) is 0 Å². The van der Waals surface area contributed by atoms with Crippen LogP contribution in [0.2, 0.25) is 0 Å². The van der Waals surface area contributed by atoms with Crippen molar-refractivity contribution in [3.8, 4) is 0 Å². The first-order chi connectivity index (χ1) is 10.5. The molecular formula is C17H23N3OS. The molecule has 0 spiro atoms. The predicted molar refractivity (Wildman–Crippen MR) is 91.7 cm³/mol. The summed E-state index contributed by atoms with van der Waals surface area (Å²) in [5.41, 5.74) is 1.74. The van der Waals surface area contributed by atoms with Crippen LogP contribution < -0.4 is 5.32 Å². The smallest absolute Gasteiger partial charge is 0.251 e. The Morgan fingerprint density at radius 1 is 1.36 bits per heavy atom. The van der Waals surface area contributed by atoms with E-state index in [4.69, 9.17) is 4.98 Å². The molecule has 5 heteroatoms. The largest absolute Gasteiger partial charge is 0.350 e. The van der Waals surface area contributed by atoms with Gasteiger partial charge in [-0.05, 0) is 65.0 Å². The van der Waals surface area contributed by atoms with Crippen LogP contribution in [-0.4, -0.2) is 42.0 Å². The molecule has 1 aromatic carbocycles. The van der Waals surface area contributed by atoms with Gasteiger partial charge < -0.3 is 10.2 Å². The van der Waals surface area contributed by atoms with E-state index in [0.29, 0.717) is 5.92 Å². The molecule has 0 atom stereocenters. The minimum atomic E-state index is -0.00820. The van der Waals surface area contributed by atoms with Crippen LogP contribution in [0.25, 0.3) is 10.2 Å². The molecule has 0 unspecified atom stereocenters. The number of hydrogen-bond donors (Lipinski definition) is 1. The highest BCUT2D eigenvalue weighted by molar-refractivity contribution is 7.18. The van der Waals surface area contributed by atoms with Crippen LogP contribution in [-0.2, 0) is 0 Å². The maximum absolute atomic E-state index is 12.1. The van der Waals surface area contributed by atoms with Gasteiger partial charge in [-0.25, -0.2) is 4.98 Å². The Morgan fingerprint density at radius 3 is 2.77 bits per heavy atom. The van der Waals surface area contributed by atoms with Crippen molar-refractivity contribution >= 4 is 27.5 Å². The molecule has 0 bridgehead atoms. The zero-order valence-corrected chi connectivity index (χ0v) is 14.2. The minimum Gasteiger partial charge on any atom is -0.350 e. The number of hydrogen-bond acceptors (Lipinski definition) is 4. The molecule has 1 fully saturated rings. The summed E-state index contributed by atoms with van der Waals surface area (Å²) in [6, 6.07) is 5.97. The quantitative estimate of drug-likeness (QED) is 0.945. The van der Waals surface area contributed by atoms with Gasteiger partial charge in [-0.1, -0.05) is 0 Å². The minimum absolute atomic E-state index is 0.00820. The van der Waals surface area contributed by atoms with Crippen molar-refractivity contribution in [1.29, 1.82) is 0 Å². The highest BCUT2D eigenvalue weighted by Gasteiger charge is 2.21. The van der Waals surface area contributed by atoms with E-state index in [1.54, 1.807) is 11.3 Å². The Balaban J connectivity index is 1.82. The van der Waals surface area contributed by atoms with Gasteiger partial charge in [-0.15, -0.1) is 11.3 Å². The van der Waals surface area contributed by atoms with Gasteiger partial charge in [0.25, 0.3) is 5.91 Å². The predicted octanol–water partition coefficient (Wildman–Crippen LogP) is 3.24. The lowest BCUT2D eigenvalue weighted by Gasteiger charge is -2.27. The number of amides is 1. The van der Waals surface area contributed by atoms with E-state index < -0.39 is 0 Å². The number of likely N-dealkylation sites (tertiary alicyclic amines) is 1. The van der Waals surface area contributed by atoms with Gasteiger partial charge in [-0.2, -0.15) is 0 Å². The standard InChI is InChI=1S/C17H23N3OS/c1-11(2)18-16(21)13-4-5-14-15(10-13)22-17(19-14)12-6-8-20(3)9-7-12/h4-5,10-12H,6-9H2,1-3H3,(H,18,21). The second-order valence-electron chi connectivity index (χ2n) is 6.44. The van der Waals surface area contributed by atoms with E-state index in [2.05, 4.69) is 17.3 Å². The molecule has 4 nitrogen and oxygen atoms in total. The molecule has 1 amide bonds. The summed E-state index contributed by atoms with van der Waals surface area (Å²) in [6.07, 6.45) is 2.36. The van der Waals surface area contributed by atoms with Gasteiger partial charge in [0.2, 0.25) is 0 Å². The second-order valence-corrected chi connectivity index (χ2v) is 7.50. The average molecular weight is 317 g/mol. The molecule has 1 aromatic heterocycles. The number of fused-ring (bicyclic) bond motifs is 1. The molecule has 1 aliphatic heterocycles. The molecule has 1 N–H and O–H groups in total. The molecule has 0 radical (unpaired) electrons. The number of piperidine rings is 1. The van der Waals surface area contributed by atoms with Gasteiger partial charge >= 0.3 is 0 Å². The zero-order chi connectivity index (χ0) is 15.7. The third-order valence-corrected chi connectivity index (χ3v) is 5.34. The van der Waals surface area contributed by atoms with Crippen LogP contribution in [0.1, 0.15) is 48.0 Å². The van der Waals surface area contributed by atoms with E-state index in [-0.39, 0.29) is 11.9 Å². The lowest BCUT2D eigenvalue weighted by molar-refractivity contribution is 0.0943. The molecule has 0 aliphatic carbocycles. The summed E-state index contributed by atoms with van der Waals surface area (Å²) in [4.78, 5) is 19.3. The van der Waals surface area contributed by atoms with Gasteiger partial charge in [0.15, 0.2) is 0 Å². The number of thiazole rings is 1. The van der Waals surface area contributed by atoms with Crippen LogP contribution >= 0.6 is 11.3 Å². The van der Waals surface area contributed by atoms with Crippen molar-refractivity contribution in [3.05, 3.63) is 28.8 Å². The lowest BCUT2D eigenvalue weighted by atomic mass is 9.98. The number of carbonyl (C=O) groups is 1. The van der Waals surface area contributed by atoms with Crippen molar-refractivity contribution in [1.82, 2.24) is 15.2 Å². The molecule has 0 saturated carbocycles. The Morgan fingerprint density at radius 2 is 2.09 bits per heavy atom. The monoisotopic (exact) mass is 317 g/mol. The van der Waals surface area contributed by atoms with Crippen LogP contribution in [0.3, 0.4) is 0 Å². The van der Waals surface area contributed by atoms with Crippen molar-refractivity contribution in [2.75, 3.05) is 20.1 Å². The number of benzene rings is 1. The molecule has 2 heterocycles. The van der Waals surface area contributed by atoms with E-state index >= 15 is 0 Å². The van der Waals surface area contributed by atoms with Crippen molar-refractivity contribution < 1.29 is 4.79 Å². The normalized spacial score (nSPS) is 17.3. The fourth-order valence-corrected chi connectivity index (χ4v) is 4.04. The Bertz CT molecular complexity index is 672. The maximum Gasteiger partial charge on any atom is 0.251 e. The van der Waals surface area contributed by atoms with E-state index in [0.717, 1.165) is 28.9 Å². The summed E-state index contributed by atoms with van der Waals surface area (Å²) >= 11 is 1.75. The maximum atomic E-state index is 12.1. The van der Waals surface area contributed by atoms with Gasteiger partial charge in [-0.3, -0.25) is 4.79 Å². The first kappa shape index (κ1) is 15.4. The molecule has 3 rings (SSSR count). The van der Waals surface area contributed by atoms with Gasteiger partial charge in [0.05, 0.1) is 15.2 Å². The Kier molecular flexibility index (Phi) is 4.45. The lowest BCUT2D eigenvalue weighted by Crippen LogP contribution is -2.29. The highest BCUT2D eigenvalue weighted by Crippen LogP contribution is 2.33. The fraction of sp³-hybridized carbons (Fsp3) is 0.529. The molecule has 1 saturated heterocycles. The number of carbonyl (C=O) groups excluding carboxylic acids is 1. The van der Waals surface area contributed by atoms with Crippen molar-refractivity contribution in [3.63, 3.8) is 0 Å². The molecular weight excluding hydrogens is 294 g/mol. The SMILES string of the molecule is CC(C)NC(=O)c1ccc2nc(C3CCN(C)CC3)sc2c1.